The molecule has 2 aromatic rings. The van der Waals surface area contributed by atoms with Crippen LogP contribution in [-0.2, 0) is 17.9 Å². The van der Waals surface area contributed by atoms with E-state index in [2.05, 4.69) is 51.6 Å². The Labute approximate surface area is 190 Å². The molecule has 1 saturated heterocycles. The van der Waals surface area contributed by atoms with Gasteiger partial charge in [0, 0.05) is 56.1 Å². The minimum atomic E-state index is -0.199. The molecule has 0 radical (unpaired) electrons. The van der Waals surface area contributed by atoms with Crippen molar-refractivity contribution >= 4 is 17.7 Å². The zero-order valence-corrected chi connectivity index (χ0v) is 19.5. The van der Waals surface area contributed by atoms with Gasteiger partial charge in [0.05, 0.1) is 12.2 Å². The number of piperidine rings is 1. The molecule has 1 amide bonds. The molecular weight excluding hydrogens is 404 g/mol. The fourth-order valence-electron chi connectivity index (χ4n) is 4.06. The first kappa shape index (κ1) is 23.6. The average Bonchev–Trinajstić information content (AvgIpc) is 3.12. The highest BCUT2D eigenvalue weighted by Crippen LogP contribution is 2.24. The Morgan fingerprint density at radius 2 is 2.06 bits per heavy atom. The fourth-order valence-corrected chi connectivity index (χ4v) is 4.06. The van der Waals surface area contributed by atoms with Crippen molar-refractivity contribution in [2.75, 3.05) is 31.1 Å². The Morgan fingerprint density at radius 3 is 2.72 bits per heavy atom. The van der Waals surface area contributed by atoms with Crippen molar-refractivity contribution in [3.63, 3.8) is 0 Å². The SMILES string of the molecule is CCNC(=NCc1cccnc1N1CCC(C(N)=O)CC1)NCCCn1nc(C)cc1C. The van der Waals surface area contributed by atoms with Crippen molar-refractivity contribution in [3.05, 3.63) is 41.3 Å². The monoisotopic (exact) mass is 440 g/mol. The lowest BCUT2D eigenvalue weighted by atomic mass is 9.96. The number of carbonyl (C=O) groups is 1. The molecule has 9 nitrogen and oxygen atoms in total. The number of nitrogens with zero attached hydrogens (tertiary/aromatic N) is 5. The lowest BCUT2D eigenvalue weighted by molar-refractivity contribution is -0.122. The molecule has 0 bridgehead atoms. The highest BCUT2D eigenvalue weighted by atomic mass is 16.1. The van der Waals surface area contributed by atoms with Crippen molar-refractivity contribution in [2.24, 2.45) is 16.6 Å². The van der Waals surface area contributed by atoms with E-state index in [-0.39, 0.29) is 11.8 Å². The first-order valence-electron chi connectivity index (χ1n) is 11.5. The molecule has 1 aliphatic heterocycles. The summed E-state index contributed by atoms with van der Waals surface area (Å²) in [4.78, 5) is 23.1. The van der Waals surface area contributed by atoms with E-state index in [4.69, 9.17) is 10.7 Å². The van der Waals surface area contributed by atoms with E-state index in [0.717, 1.165) is 75.0 Å². The van der Waals surface area contributed by atoms with Gasteiger partial charge in [0.15, 0.2) is 5.96 Å². The van der Waals surface area contributed by atoms with Gasteiger partial charge in [-0.05, 0) is 52.2 Å². The van der Waals surface area contributed by atoms with Crippen LogP contribution in [0.5, 0.6) is 0 Å². The number of aryl methyl sites for hydroxylation is 3. The van der Waals surface area contributed by atoms with E-state index in [0.29, 0.717) is 6.54 Å². The Kier molecular flexibility index (Phi) is 8.47. The van der Waals surface area contributed by atoms with Crippen molar-refractivity contribution in [1.82, 2.24) is 25.4 Å². The molecule has 1 fully saturated rings. The standard InChI is InChI=1S/C23H36N8O/c1-4-25-23(27-11-6-12-31-18(3)15-17(2)29-31)28-16-20-7-5-10-26-22(20)30-13-8-19(9-14-30)21(24)32/h5,7,10,15,19H,4,6,8-9,11-14,16H2,1-3H3,(H2,24,32)(H2,25,27,28). The quantitative estimate of drug-likeness (QED) is 0.311. The minimum absolute atomic E-state index is 0.0320. The third-order valence-electron chi connectivity index (χ3n) is 5.76. The van der Waals surface area contributed by atoms with Gasteiger partial charge in [-0.15, -0.1) is 0 Å². The van der Waals surface area contributed by atoms with Crippen molar-refractivity contribution in [3.8, 4) is 0 Å². The zero-order valence-electron chi connectivity index (χ0n) is 19.5. The molecule has 1 aliphatic rings. The molecule has 174 valence electrons. The van der Waals surface area contributed by atoms with Crippen LogP contribution >= 0.6 is 0 Å². The number of carbonyl (C=O) groups excluding carboxylic acids is 1. The molecular formula is C23H36N8O. The molecule has 0 aliphatic carbocycles. The molecule has 0 aromatic carbocycles. The van der Waals surface area contributed by atoms with Crippen LogP contribution < -0.4 is 21.3 Å². The van der Waals surface area contributed by atoms with Crippen molar-refractivity contribution < 1.29 is 4.79 Å². The highest BCUT2D eigenvalue weighted by molar-refractivity contribution is 5.79. The Bertz CT molecular complexity index is 914. The van der Waals surface area contributed by atoms with Crippen LogP contribution in [0.1, 0.15) is 43.1 Å². The number of nitrogens with two attached hydrogens (primary N) is 1. The molecule has 0 atom stereocenters. The Morgan fingerprint density at radius 1 is 1.28 bits per heavy atom. The maximum Gasteiger partial charge on any atom is 0.220 e. The summed E-state index contributed by atoms with van der Waals surface area (Å²) in [6.45, 7) is 10.7. The number of guanidine groups is 1. The van der Waals surface area contributed by atoms with Gasteiger partial charge < -0.3 is 21.3 Å². The largest absolute Gasteiger partial charge is 0.369 e. The Balaban J connectivity index is 1.56. The van der Waals surface area contributed by atoms with E-state index < -0.39 is 0 Å². The van der Waals surface area contributed by atoms with E-state index in [9.17, 15) is 4.79 Å². The summed E-state index contributed by atoms with van der Waals surface area (Å²) in [5, 5.41) is 11.2. The number of pyridine rings is 1. The minimum Gasteiger partial charge on any atom is -0.369 e. The van der Waals surface area contributed by atoms with Crippen LogP contribution in [0.4, 0.5) is 5.82 Å². The number of anilines is 1. The summed E-state index contributed by atoms with van der Waals surface area (Å²) in [5.41, 5.74) is 8.79. The first-order valence-corrected chi connectivity index (χ1v) is 11.5. The zero-order chi connectivity index (χ0) is 22.9. The molecule has 9 heteroatoms. The van der Waals surface area contributed by atoms with Crippen LogP contribution in [-0.4, -0.2) is 52.8 Å². The van der Waals surface area contributed by atoms with Crippen LogP contribution in [0, 0.1) is 19.8 Å². The lowest BCUT2D eigenvalue weighted by Crippen LogP contribution is -2.39. The van der Waals surface area contributed by atoms with Gasteiger partial charge in [0.25, 0.3) is 0 Å². The number of aliphatic imine (C=N–C) groups is 1. The predicted octanol–water partition coefficient (Wildman–Crippen LogP) is 1.74. The predicted molar refractivity (Wildman–Crippen MR) is 128 cm³/mol. The number of amides is 1. The molecule has 3 heterocycles. The molecule has 0 spiro atoms. The fraction of sp³-hybridized carbons (Fsp3) is 0.565. The second kappa shape index (κ2) is 11.5. The second-order valence-corrected chi connectivity index (χ2v) is 8.28. The van der Waals surface area contributed by atoms with Crippen LogP contribution in [0.25, 0.3) is 0 Å². The summed E-state index contributed by atoms with van der Waals surface area (Å²) in [6, 6.07) is 6.11. The van der Waals surface area contributed by atoms with E-state index in [1.54, 1.807) is 0 Å². The van der Waals surface area contributed by atoms with Crippen LogP contribution in [0.2, 0.25) is 0 Å². The normalized spacial score (nSPS) is 15.1. The maximum absolute atomic E-state index is 11.5. The van der Waals surface area contributed by atoms with Crippen molar-refractivity contribution in [2.45, 2.75) is 53.1 Å². The molecule has 0 unspecified atom stereocenters. The summed E-state index contributed by atoms with van der Waals surface area (Å²) in [7, 11) is 0. The highest BCUT2D eigenvalue weighted by Gasteiger charge is 2.24. The number of nitrogens with one attached hydrogen (secondary N) is 2. The van der Waals surface area contributed by atoms with Gasteiger partial charge in [0.2, 0.25) is 5.91 Å². The summed E-state index contributed by atoms with van der Waals surface area (Å²) < 4.78 is 2.05. The molecule has 32 heavy (non-hydrogen) atoms. The molecule has 4 N–H and O–H groups in total. The van der Waals surface area contributed by atoms with Gasteiger partial charge in [-0.2, -0.15) is 5.10 Å². The lowest BCUT2D eigenvalue weighted by Gasteiger charge is -2.32. The van der Waals surface area contributed by atoms with Crippen LogP contribution in [0.3, 0.4) is 0 Å². The maximum atomic E-state index is 11.5. The molecule has 2 aromatic heterocycles. The summed E-state index contributed by atoms with van der Waals surface area (Å²) >= 11 is 0. The van der Waals surface area contributed by atoms with E-state index in [1.807, 2.05) is 23.9 Å². The number of hydrogen-bond donors (Lipinski definition) is 3. The van der Waals surface area contributed by atoms with Crippen molar-refractivity contribution in [1.29, 1.82) is 0 Å². The first-order chi connectivity index (χ1) is 15.5. The Hall–Kier alpha value is -3.10. The smallest absolute Gasteiger partial charge is 0.220 e. The van der Waals surface area contributed by atoms with Gasteiger partial charge in [-0.25, -0.2) is 9.98 Å². The molecule has 0 saturated carbocycles. The van der Waals surface area contributed by atoms with E-state index in [1.165, 1.54) is 5.69 Å². The third kappa shape index (κ3) is 6.45. The number of rotatable bonds is 9. The summed E-state index contributed by atoms with van der Waals surface area (Å²) in [5.74, 6) is 1.51. The van der Waals surface area contributed by atoms with Gasteiger partial charge in [0.1, 0.15) is 5.82 Å². The van der Waals surface area contributed by atoms with Gasteiger partial charge in [-0.3, -0.25) is 9.48 Å². The number of aromatic nitrogens is 3. The second-order valence-electron chi connectivity index (χ2n) is 8.28. The van der Waals surface area contributed by atoms with Gasteiger partial charge in [-0.1, -0.05) is 6.07 Å². The number of hydrogen-bond acceptors (Lipinski definition) is 5. The molecule has 3 rings (SSSR count). The number of primary amides is 1. The van der Waals surface area contributed by atoms with Gasteiger partial charge >= 0.3 is 0 Å². The third-order valence-corrected chi connectivity index (χ3v) is 5.76. The van der Waals surface area contributed by atoms with E-state index >= 15 is 0 Å². The topological polar surface area (TPSA) is 113 Å². The van der Waals surface area contributed by atoms with Crippen LogP contribution in [0.15, 0.2) is 29.4 Å². The average molecular weight is 441 g/mol. The summed E-state index contributed by atoms with van der Waals surface area (Å²) in [6.07, 6.45) is 4.31.